The predicted molar refractivity (Wildman–Crippen MR) is 87.4 cm³/mol. The van der Waals surface area contributed by atoms with Gasteiger partial charge in [-0.25, -0.2) is 0 Å². The third-order valence-corrected chi connectivity index (χ3v) is 4.93. The maximum absolute atomic E-state index is 13.1. The van der Waals surface area contributed by atoms with Gasteiger partial charge in [0.1, 0.15) is 5.75 Å². The van der Waals surface area contributed by atoms with Gasteiger partial charge in [-0.1, -0.05) is 18.6 Å². The molecular weight excluding hydrogens is 433 g/mol. The van der Waals surface area contributed by atoms with Crippen LogP contribution in [0.25, 0.3) is 0 Å². The van der Waals surface area contributed by atoms with Crippen LogP contribution in [0.3, 0.4) is 0 Å². The third kappa shape index (κ3) is 7.53. The fraction of sp³-hybridized carbons (Fsp3) is 0.667. The van der Waals surface area contributed by atoms with Gasteiger partial charge in [-0.05, 0) is 37.0 Å². The van der Waals surface area contributed by atoms with Crippen LogP contribution in [0.2, 0.25) is 0 Å². The molecule has 3 nitrogen and oxygen atoms in total. The Hall–Kier alpha value is -1.69. The number of ether oxygens (including phenoxy) is 1. The van der Waals surface area contributed by atoms with E-state index in [4.69, 9.17) is 0 Å². The van der Waals surface area contributed by atoms with Crippen LogP contribution in [0.15, 0.2) is 24.3 Å². The first kappa shape index (κ1) is 24.6. The van der Waals surface area contributed by atoms with E-state index in [2.05, 4.69) is 4.74 Å². The molecule has 0 heterocycles. The summed E-state index contributed by atoms with van der Waals surface area (Å²) in [6.45, 7) is -1.37. The van der Waals surface area contributed by atoms with Gasteiger partial charge >= 0.3 is 18.7 Å². The summed E-state index contributed by atoms with van der Waals surface area (Å²) in [5, 5.41) is 9.44. The molecular formula is C18H20F9NO2. The molecule has 0 spiro atoms. The van der Waals surface area contributed by atoms with Gasteiger partial charge in [0.15, 0.2) is 6.10 Å². The summed E-state index contributed by atoms with van der Waals surface area (Å²) in [5.74, 6) is -2.30. The number of nitrogens with zero attached hydrogens (tertiary/aromatic N) is 1. The maximum Gasteiger partial charge on any atom is 0.573 e. The number of rotatable bonds is 6. The van der Waals surface area contributed by atoms with Gasteiger partial charge in [0, 0.05) is 19.1 Å². The van der Waals surface area contributed by atoms with E-state index in [0.29, 0.717) is 0 Å². The summed E-state index contributed by atoms with van der Waals surface area (Å²) in [6, 6.07) is 3.53. The number of halogens is 9. The van der Waals surface area contributed by atoms with E-state index >= 15 is 0 Å². The van der Waals surface area contributed by atoms with Crippen molar-refractivity contribution in [1.82, 2.24) is 4.90 Å². The van der Waals surface area contributed by atoms with Crippen LogP contribution in [0.5, 0.6) is 5.75 Å². The van der Waals surface area contributed by atoms with Crippen molar-refractivity contribution in [2.75, 3.05) is 6.54 Å². The van der Waals surface area contributed by atoms with Crippen LogP contribution in [-0.2, 0) is 6.54 Å². The van der Waals surface area contributed by atoms with Crippen LogP contribution in [-0.4, -0.2) is 47.4 Å². The molecule has 0 aliphatic heterocycles. The minimum absolute atomic E-state index is 0.111. The van der Waals surface area contributed by atoms with Crippen molar-refractivity contribution in [2.45, 2.75) is 63.1 Å². The van der Waals surface area contributed by atoms with Gasteiger partial charge in [0.05, 0.1) is 5.92 Å². The summed E-state index contributed by atoms with van der Waals surface area (Å²) >= 11 is 0. The second-order valence-electron chi connectivity index (χ2n) is 7.24. The molecule has 1 aliphatic carbocycles. The van der Waals surface area contributed by atoms with E-state index < -0.39 is 55.5 Å². The molecule has 1 aromatic rings. The lowest BCUT2D eigenvalue weighted by molar-refractivity contribution is -0.274. The van der Waals surface area contributed by atoms with Crippen molar-refractivity contribution in [1.29, 1.82) is 0 Å². The lowest BCUT2D eigenvalue weighted by Crippen LogP contribution is -2.47. The SMILES string of the molecule is OC(CN(Cc1cccc(OC(F)(F)F)c1)C1CCCC(C(F)(F)F)C1)C(F)(F)F. The first-order valence-corrected chi connectivity index (χ1v) is 9.05. The van der Waals surface area contributed by atoms with Crippen molar-refractivity contribution in [3.05, 3.63) is 29.8 Å². The van der Waals surface area contributed by atoms with E-state index in [1.54, 1.807) is 0 Å². The minimum Gasteiger partial charge on any atom is -0.406 e. The average Bonchev–Trinajstić information content (AvgIpc) is 2.58. The molecule has 1 saturated carbocycles. The Morgan fingerprint density at radius 2 is 1.70 bits per heavy atom. The van der Waals surface area contributed by atoms with E-state index in [0.717, 1.165) is 17.0 Å². The van der Waals surface area contributed by atoms with Crippen molar-refractivity contribution in [3.8, 4) is 5.75 Å². The first-order valence-electron chi connectivity index (χ1n) is 9.05. The molecule has 0 radical (unpaired) electrons. The summed E-state index contributed by atoms with van der Waals surface area (Å²) < 4.78 is 119. The average molecular weight is 453 g/mol. The third-order valence-electron chi connectivity index (χ3n) is 4.93. The highest BCUT2D eigenvalue weighted by molar-refractivity contribution is 5.28. The minimum atomic E-state index is -4.99. The van der Waals surface area contributed by atoms with Gasteiger partial charge in [-0.15, -0.1) is 13.2 Å². The Labute approximate surface area is 166 Å². The number of aliphatic hydroxyl groups excluding tert-OH is 1. The highest BCUT2D eigenvalue weighted by Crippen LogP contribution is 2.39. The predicted octanol–water partition coefficient (Wildman–Crippen LogP) is 5.43. The van der Waals surface area contributed by atoms with E-state index in [9.17, 15) is 44.6 Å². The summed E-state index contributed by atoms with van der Waals surface area (Å²) in [5.41, 5.74) is 0.111. The normalized spacial score (nSPS) is 22.2. The Kier molecular flexibility index (Phi) is 7.54. The van der Waals surface area contributed by atoms with Crippen LogP contribution in [0.4, 0.5) is 39.5 Å². The van der Waals surface area contributed by atoms with Gasteiger partial charge in [0.25, 0.3) is 0 Å². The van der Waals surface area contributed by atoms with Gasteiger partial charge in [0.2, 0.25) is 0 Å². The molecule has 172 valence electrons. The lowest BCUT2D eigenvalue weighted by atomic mass is 9.84. The van der Waals surface area contributed by atoms with Crippen molar-refractivity contribution < 1.29 is 49.4 Å². The Bertz CT molecular complexity index is 687. The molecule has 3 atom stereocenters. The van der Waals surface area contributed by atoms with Crippen LogP contribution < -0.4 is 4.74 Å². The van der Waals surface area contributed by atoms with Gasteiger partial charge in [-0.3, -0.25) is 4.90 Å². The zero-order valence-corrected chi connectivity index (χ0v) is 15.5. The molecule has 0 aromatic heterocycles. The van der Waals surface area contributed by atoms with E-state index in [-0.39, 0.29) is 31.4 Å². The van der Waals surface area contributed by atoms with Gasteiger partial charge < -0.3 is 9.84 Å². The fourth-order valence-electron chi connectivity index (χ4n) is 3.54. The lowest BCUT2D eigenvalue weighted by Gasteiger charge is -2.39. The summed E-state index contributed by atoms with van der Waals surface area (Å²) in [6.07, 6.45) is -17.6. The Balaban J connectivity index is 2.23. The molecule has 0 bridgehead atoms. The van der Waals surface area contributed by atoms with E-state index in [1.165, 1.54) is 12.1 Å². The first-order chi connectivity index (χ1) is 13.6. The molecule has 12 heteroatoms. The number of benzene rings is 1. The molecule has 3 unspecified atom stereocenters. The topological polar surface area (TPSA) is 32.7 Å². The van der Waals surface area contributed by atoms with Crippen molar-refractivity contribution in [2.24, 2.45) is 5.92 Å². The summed E-state index contributed by atoms with van der Waals surface area (Å²) in [4.78, 5) is 1.04. The van der Waals surface area contributed by atoms with Crippen LogP contribution in [0.1, 0.15) is 31.2 Å². The zero-order valence-electron chi connectivity index (χ0n) is 15.5. The molecule has 30 heavy (non-hydrogen) atoms. The van der Waals surface area contributed by atoms with Crippen LogP contribution in [0, 0.1) is 5.92 Å². The largest absolute Gasteiger partial charge is 0.573 e. The molecule has 1 fully saturated rings. The van der Waals surface area contributed by atoms with Crippen molar-refractivity contribution >= 4 is 0 Å². The number of aliphatic hydroxyl groups is 1. The number of hydrogen-bond acceptors (Lipinski definition) is 3. The highest BCUT2D eigenvalue weighted by Gasteiger charge is 2.45. The molecule has 1 aromatic carbocycles. The molecule has 0 amide bonds. The Morgan fingerprint density at radius 1 is 1.03 bits per heavy atom. The highest BCUT2D eigenvalue weighted by atomic mass is 19.4. The van der Waals surface area contributed by atoms with Crippen LogP contribution >= 0.6 is 0 Å². The smallest absolute Gasteiger partial charge is 0.406 e. The number of alkyl halides is 9. The monoisotopic (exact) mass is 453 g/mol. The quantitative estimate of drug-likeness (QED) is 0.583. The second kappa shape index (κ2) is 9.21. The maximum atomic E-state index is 13.1. The van der Waals surface area contributed by atoms with E-state index in [1.807, 2.05) is 0 Å². The molecule has 1 aliphatic rings. The number of hydrogen-bond donors (Lipinski definition) is 1. The standard InChI is InChI=1S/C18H20F9NO2/c19-16(20,21)12-4-2-5-13(8-12)28(10-15(29)17(22,23)24)9-11-3-1-6-14(7-11)30-18(25,26)27/h1,3,6-7,12-13,15,29H,2,4-5,8-10H2. The molecule has 0 saturated heterocycles. The van der Waals surface area contributed by atoms with Crippen molar-refractivity contribution in [3.63, 3.8) is 0 Å². The molecule has 1 N–H and O–H groups in total. The zero-order chi connectivity index (χ0) is 22.7. The fourth-order valence-corrected chi connectivity index (χ4v) is 3.54. The van der Waals surface area contributed by atoms with Gasteiger partial charge in [-0.2, -0.15) is 26.3 Å². The molecule has 2 rings (SSSR count). The second-order valence-corrected chi connectivity index (χ2v) is 7.24. The Morgan fingerprint density at radius 3 is 2.27 bits per heavy atom. The summed E-state index contributed by atoms with van der Waals surface area (Å²) in [7, 11) is 0.